The van der Waals surface area contributed by atoms with Gasteiger partial charge in [-0.3, -0.25) is 9.00 Å². The molecule has 0 spiro atoms. The minimum atomic E-state index is -1.43. The van der Waals surface area contributed by atoms with Crippen LogP contribution in [0, 0.1) is 6.92 Å². The number of nitrogen functional groups attached to an aromatic ring is 1. The largest absolute Gasteiger partial charge is 0.398 e. The van der Waals surface area contributed by atoms with Crippen molar-refractivity contribution in [1.82, 2.24) is 0 Å². The van der Waals surface area contributed by atoms with Crippen molar-refractivity contribution >= 4 is 22.4 Å². The van der Waals surface area contributed by atoms with Crippen molar-refractivity contribution in [3.05, 3.63) is 23.8 Å². The Morgan fingerprint density at radius 2 is 2.14 bits per heavy atom. The maximum absolute atomic E-state index is 11.6. The fourth-order valence-electron chi connectivity index (χ4n) is 1.06. The predicted octanol–water partition coefficient (Wildman–Crippen LogP) is 0.170. The number of rotatable bonds is 3. The van der Waals surface area contributed by atoms with Crippen LogP contribution in [0.1, 0.15) is 5.56 Å². The van der Waals surface area contributed by atoms with Crippen molar-refractivity contribution in [2.24, 2.45) is 5.73 Å². The lowest BCUT2D eigenvalue weighted by Crippen LogP contribution is -2.20. The van der Waals surface area contributed by atoms with E-state index in [4.69, 9.17) is 11.5 Å². The van der Waals surface area contributed by atoms with E-state index in [2.05, 4.69) is 0 Å². The minimum absolute atomic E-state index is 0.187. The molecule has 0 aromatic heterocycles. The summed E-state index contributed by atoms with van der Waals surface area (Å²) in [5.74, 6) is -0.780. The Labute approximate surface area is 84.7 Å². The average Bonchev–Trinajstić information content (AvgIpc) is 2.08. The Bertz CT molecular complexity index is 390. The molecule has 0 heterocycles. The van der Waals surface area contributed by atoms with Crippen LogP contribution < -0.4 is 11.5 Å². The van der Waals surface area contributed by atoms with Crippen LogP contribution in [-0.2, 0) is 15.6 Å². The SMILES string of the molecule is Cc1cccc(S(=O)CC(N)=O)c1N. The van der Waals surface area contributed by atoms with Crippen LogP contribution >= 0.6 is 0 Å². The summed E-state index contributed by atoms with van der Waals surface area (Å²) < 4.78 is 11.6. The Kier molecular flexibility index (Phi) is 3.24. The number of hydrogen-bond donors (Lipinski definition) is 2. The molecule has 1 atom stereocenters. The van der Waals surface area contributed by atoms with Crippen LogP contribution in [0.3, 0.4) is 0 Å². The Morgan fingerprint density at radius 1 is 1.50 bits per heavy atom. The molecule has 0 saturated carbocycles. The Hall–Kier alpha value is -1.36. The van der Waals surface area contributed by atoms with Crippen molar-refractivity contribution in [2.75, 3.05) is 11.5 Å². The van der Waals surface area contributed by atoms with Gasteiger partial charge in [-0.25, -0.2) is 0 Å². The van der Waals surface area contributed by atoms with Gasteiger partial charge >= 0.3 is 0 Å². The van der Waals surface area contributed by atoms with Gasteiger partial charge in [0.2, 0.25) is 5.91 Å². The van der Waals surface area contributed by atoms with E-state index in [0.29, 0.717) is 10.6 Å². The van der Waals surface area contributed by atoms with Crippen LogP contribution in [0.4, 0.5) is 5.69 Å². The zero-order chi connectivity index (χ0) is 10.7. The number of carbonyl (C=O) groups excluding carboxylic acids is 1. The number of para-hydroxylation sites is 1. The molecule has 1 aromatic rings. The van der Waals surface area contributed by atoms with Gasteiger partial charge in [0.05, 0.1) is 21.4 Å². The molecule has 0 saturated heterocycles. The standard InChI is InChI=1S/C9H12N2O2S/c1-6-3-2-4-7(9(6)11)14(13)5-8(10)12/h2-4H,5,11H2,1H3,(H2,10,12). The fourth-order valence-corrected chi connectivity index (χ4v) is 2.11. The maximum atomic E-state index is 11.6. The van der Waals surface area contributed by atoms with E-state index in [0.717, 1.165) is 5.56 Å². The Morgan fingerprint density at radius 3 is 2.71 bits per heavy atom. The summed E-state index contributed by atoms with van der Waals surface area (Å²) in [5, 5.41) is 0. The van der Waals surface area contributed by atoms with E-state index in [1.807, 2.05) is 13.0 Å². The number of anilines is 1. The summed E-state index contributed by atoms with van der Waals surface area (Å²) in [6.07, 6.45) is 0. The lowest BCUT2D eigenvalue weighted by atomic mass is 10.2. The van der Waals surface area contributed by atoms with Gasteiger partial charge in [0.1, 0.15) is 5.75 Å². The van der Waals surface area contributed by atoms with Gasteiger partial charge in [-0.1, -0.05) is 12.1 Å². The number of aryl methyl sites for hydroxylation is 1. The summed E-state index contributed by atoms with van der Waals surface area (Å²) in [5.41, 5.74) is 12.0. The molecule has 0 radical (unpaired) electrons. The van der Waals surface area contributed by atoms with Gasteiger partial charge in [0, 0.05) is 0 Å². The molecule has 76 valence electrons. The second kappa shape index (κ2) is 4.23. The first-order chi connectivity index (χ1) is 6.52. The van der Waals surface area contributed by atoms with Crippen LogP contribution in [0.2, 0.25) is 0 Å². The third-order valence-electron chi connectivity index (χ3n) is 1.80. The summed E-state index contributed by atoms with van der Waals surface area (Å²) in [7, 11) is -1.43. The zero-order valence-corrected chi connectivity index (χ0v) is 8.64. The molecule has 1 aromatic carbocycles. The Balaban J connectivity index is 3.01. The highest BCUT2D eigenvalue weighted by atomic mass is 32.2. The molecule has 5 heteroatoms. The van der Waals surface area contributed by atoms with Gasteiger partial charge in [-0.15, -0.1) is 0 Å². The molecule has 14 heavy (non-hydrogen) atoms. The molecule has 1 unspecified atom stereocenters. The van der Waals surface area contributed by atoms with Gasteiger partial charge in [0.15, 0.2) is 0 Å². The van der Waals surface area contributed by atoms with Gasteiger partial charge < -0.3 is 11.5 Å². The van der Waals surface area contributed by atoms with Crippen molar-refractivity contribution in [3.8, 4) is 0 Å². The molecular weight excluding hydrogens is 200 g/mol. The van der Waals surface area contributed by atoms with Crippen molar-refractivity contribution < 1.29 is 9.00 Å². The van der Waals surface area contributed by atoms with Crippen LogP contribution in [0.5, 0.6) is 0 Å². The fraction of sp³-hybridized carbons (Fsp3) is 0.222. The number of benzene rings is 1. The van der Waals surface area contributed by atoms with E-state index >= 15 is 0 Å². The maximum Gasteiger partial charge on any atom is 0.230 e. The van der Waals surface area contributed by atoms with E-state index < -0.39 is 16.7 Å². The molecular formula is C9H12N2O2S. The molecule has 1 amide bonds. The second-order valence-electron chi connectivity index (χ2n) is 2.94. The minimum Gasteiger partial charge on any atom is -0.398 e. The quantitative estimate of drug-likeness (QED) is 0.700. The first kappa shape index (κ1) is 10.7. The highest BCUT2D eigenvalue weighted by molar-refractivity contribution is 7.86. The molecule has 1 rings (SSSR count). The van der Waals surface area contributed by atoms with Gasteiger partial charge in [0.25, 0.3) is 0 Å². The first-order valence-corrected chi connectivity index (χ1v) is 5.36. The third-order valence-corrected chi connectivity index (χ3v) is 3.20. The molecule has 4 N–H and O–H groups in total. The summed E-state index contributed by atoms with van der Waals surface area (Å²) in [6.45, 7) is 1.82. The molecule has 0 fully saturated rings. The second-order valence-corrected chi connectivity index (χ2v) is 4.36. The smallest absolute Gasteiger partial charge is 0.230 e. The van der Waals surface area contributed by atoms with E-state index in [-0.39, 0.29) is 5.75 Å². The first-order valence-electron chi connectivity index (χ1n) is 4.04. The highest BCUT2D eigenvalue weighted by Gasteiger charge is 2.11. The monoisotopic (exact) mass is 212 g/mol. The normalized spacial score (nSPS) is 12.4. The number of amides is 1. The lowest BCUT2D eigenvalue weighted by Gasteiger charge is -2.06. The van der Waals surface area contributed by atoms with Crippen molar-refractivity contribution in [1.29, 1.82) is 0 Å². The van der Waals surface area contributed by atoms with Crippen LogP contribution in [-0.4, -0.2) is 15.9 Å². The number of carbonyl (C=O) groups is 1. The molecule has 0 aliphatic rings. The summed E-state index contributed by atoms with van der Waals surface area (Å²) in [6, 6.07) is 5.21. The van der Waals surface area contributed by atoms with Crippen molar-refractivity contribution in [2.45, 2.75) is 11.8 Å². The van der Waals surface area contributed by atoms with Gasteiger partial charge in [-0.2, -0.15) is 0 Å². The molecule has 0 aliphatic heterocycles. The number of nitrogens with two attached hydrogens (primary N) is 2. The highest BCUT2D eigenvalue weighted by Crippen LogP contribution is 2.19. The molecule has 4 nitrogen and oxygen atoms in total. The van der Waals surface area contributed by atoms with E-state index in [1.165, 1.54) is 0 Å². The number of hydrogen-bond acceptors (Lipinski definition) is 3. The van der Waals surface area contributed by atoms with Crippen molar-refractivity contribution in [3.63, 3.8) is 0 Å². The summed E-state index contributed by atoms with van der Waals surface area (Å²) >= 11 is 0. The molecule has 0 bridgehead atoms. The number of primary amides is 1. The topological polar surface area (TPSA) is 86.2 Å². The zero-order valence-electron chi connectivity index (χ0n) is 7.82. The third kappa shape index (κ3) is 2.32. The van der Waals surface area contributed by atoms with E-state index in [9.17, 15) is 9.00 Å². The lowest BCUT2D eigenvalue weighted by molar-refractivity contribution is -0.115. The van der Waals surface area contributed by atoms with Gasteiger partial charge in [-0.05, 0) is 18.6 Å². The average molecular weight is 212 g/mol. The van der Waals surface area contributed by atoms with Crippen LogP contribution in [0.15, 0.2) is 23.1 Å². The van der Waals surface area contributed by atoms with E-state index in [1.54, 1.807) is 12.1 Å². The van der Waals surface area contributed by atoms with Crippen LogP contribution in [0.25, 0.3) is 0 Å². The molecule has 0 aliphatic carbocycles. The predicted molar refractivity (Wildman–Crippen MR) is 56.1 cm³/mol. The summed E-state index contributed by atoms with van der Waals surface area (Å²) in [4.78, 5) is 11.0.